The van der Waals surface area contributed by atoms with Crippen molar-refractivity contribution in [3.63, 3.8) is 0 Å². The minimum Gasteiger partial charge on any atom is -0.431 e. The number of aromatic nitrogens is 1. The Morgan fingerprint density at radius 2 is 1.28 bits per heavy atom. The van der Waals surface area contributed by atoms with E-state index in [4.69, 9.17) is 18.9 Å². The van der Waals surface area contributed by atoms with E-state index in [1.165, 1.54) is 11.8 Å². The van der Waals surface area contributed by atoms with E-state index in [9.17, 15) is 31.9 Å². The van der Waals surface area contributed by atoms with E-state index >= 15 is 0 Å². The number of nitrogens with zero attached hydrogens (tertiary/aromatic N) is 1. The third-order valence-corrected chi connectivity index (χ3v) is 11.4. The van der Waals surface area contributed by atoms with E-state index in [-0.39, 0.29) is 31.3 Å². The van der Waals surface area contributed by atoms with Crippen molar-refractivity contribution in [3.05, 3.63) is 190 Å². The van der Waals surface area contributed by atoms with Crippen molar-refractivity contribution in [2.75, 3.05) is 5.75 Å². The van der Waals surface area contributed by atoms with Gasteiger partial charge in [0.05, 0.1) is 18.8 Å². The number of hydrogen-bond acceptors (Lipinski definition) is 7. The molecule has 4 unspecified atom stereocenters. The summed E-state index contributed by atoms with van der Waals surface area (Å²) in [4.78, 5) is 17.5. The van der Waals surface area contributed by atoms with Crippen LogP contribution in [0.1, 0.15) is 51.9 Å². The lowest BCUT2D eigenvalue weighted by molar-refractivity contribution is -0.268. The van der Waals surface area contributed by atoms with Crippen LogP contribution in [0.3, 0.4) is 0 Å². The van der Waals surface area contributed by atoms with Gasteiger partial charge in [0.25, 0.3) is 11.1 Å². The predicted octanol–water partition coefficient (Wildman–Crippen LogP) is 11.4. The number of benzene rings is 6. The smallest absolute Gasteiger partial charge is 0.257 e. The van der Waals surface area contributed by atoms with Crippen molar-refractivity contribution in [2.24, 2.45) is 5.92 Å². The van der Waals surface area contributed by atoms with E-state index < -0.39 is 46.8 Å². The van der Waals surface area contributed by atoms with Gasteiger partial charge in [0.2, 0.25) is 5.82 Å². The van der Waals surface area contributed by atoms with Gasteiger partial charge in [0.1, 0.15) is 11.3 Å². The summed E-state index contributed by atoms with van der Waals surface area (Å²) in [6.07, 6.45) is -1.43. The molecule has 4 atom stereocenters. The third-order valence-electron chi connectivity index (χ3n) is 10.5. The molecule has 2 heterocycles. The zero-order valence-corrected chi connectivity index (χ0v) is 33.3. The van der Waals surface area contributed by atoms with E-state index in [1.807, 2.05) is 115 Å². The molecule has 1 aliphatic heterocycles. The average molecular weight is 849 g/mol. The van der Waals surface area contributed by atoms with Gasteiger partial charge < -0.3 is 24.3 Å². The van der Waals surface area contributed by atoms with Gasteiger partial charge in [-0.2, -0.15) is 0 Å². The zero-order chi connectivity index (χ0) is 42.6. The summed E-state index contributed by atoms with van der Waals surface area (Å²) < 4.78 is 89.1. The van der Waals surface area contributed by atoms with Crippen LogP contribution in [0, 0.1) is 35.0 Å². The highest BCUT2D eigenvalue weighted by atomic mass is 32.2. The molecule has 0 saturated carbocycles. The number of thioether (sulfide) groups is 1. The average Bonchev–Trinajstić information content (AvgIpc) is 3.74. The van der Waals surface area contributed by atoms with Crippen LogP contribution < -0.4 is 5.32 Å². The normalized spacial score (nSPS) is 17.6. The second-order valence-corrected chi connectivity index (χ2v) is 15.4. The van der Waals surface area contributed by atoms with Crippen LogP contribution in [-0.2, 0) is 22.6 Å². The first kappa shape index (κ1) is 41.6. The lowest BCUT2D eigenvalue weighted by Gasteiger charge is -2.41. The molecule has 0 bridgehead atoms. The number of carbonyl (C=O) groups excluding carboxylic acids is 1. The highest BCUT2D eigenvalue weighted by Crippen LogP contribution is 2.44. The van der Waals surface area contributed by atoms with Gasteiger partial charge in [-0.05, 0) is 33.9 Å². The molecule has 1 fully saturated rings. The number of rotatable bonds is 12. The molecule has 1 aromatic heterocycles. The van der Waals surface area contributed by atoms with Gasteiger partial charge in [0, 0.05) is 34.9 Å². The first-order valence-corrected chi connectivity index (χ1v) is 20.3. The van der Waals surface area contributed by atoms with Crippen LogP contribution in [-0.4, -0.2) is 27.9 Å². The number of oxazole rings is 1. The predicted molar refractivity (Wildman–Crippen MR) is 220 cm³/mol. The standard InChI is InChI=1S/C48H37F5N2O5S/c1-27-36(26-61-48-55-43(31-10-4-2-5-11-31)45(60-48)32-12-6-3-7-13-32)58-47(59-44(27)33-17-15-28(25-56)16-18-33)34-21-19-30(20-22-34)35-14-8-9-29(23-35)24-54-46(57)37-38(49)40(51)42(53)41(52)39(37)50/h2-23,27,36,44,47,56H,24-26H2,1H3,(H,54,57). The van der Waals surface area contributed by atoms with E-state index in [0.29, 0.717) is 22.3 Å². The Bertz CT molecular complexity index is 2560. The van der Waals surface area contributed by atoms with Gasteiger partial charge in [-0.25, -0.2) is 26.9 Å². The highest BCUT2D eigenvalue weighted by Gasteiger charge is 2.39. The maximum absolute atomic E-state index is 14.2. The van der Waals surface area contributed by atoms with Gasteiger partial charge in [-0.1, -0.05) is 146 Å². The van der Waals surface area contributed by atoms with Crippen molar-refractivity contribution < 1.29 is 45.7 Å². The van der Waals surface area contributed by atoms with Crippen LogP contribution in [0.4, 0.5) is 22.0 Å². The highest BCUT2D eigenvalue weighted by molar-refractivity contribution is 7.99. The first-order valence-electron chi connectivity index (χ1n) is 19.3. The molecule has 7 aromatic rings. The number of aliphatic hydroxyl groups is 1. The summed E-state index contributed by atoms with van der Waals surface area (Å²) in [5, 5.41) is 12.4. The van der Waals surface area contributed by atoms with Crippen LogP contribution in [0.2, 0.25) is 0 Å². The fraction of sp³-hybridized carbons (Fsp3) is 0.167. The number of halogens is 5. The summed E-state index contributed by atoms with van der Waals surface area (Å²) in [5.41, 5.74) is 5.55. The second kappa shape index (κ2) is 18.2. The van der Waals surface area contributed by atoms with Crippen molar-refractivity contribution in [1.29, 1.82) is 0 Å². The molecule has 0 radical (unpaired) electrons. The Morgan fingerprint density at radius 3 is 1.93 bits per heavy atom. The number of carbonyl (C=O) groups is 1. The largest absolute Gasteiger partial charge is 0.431 e. The number of nitrogens with one attached hydrogen (secondary N) is 1. The topological polar surface area (TPSA) is 93.8 Å². The van der Waals surface area contributed by atoms with Crippen LogP contribution in [0.15, 0.2) is 143 Å². The molecule has 61 heavy (non-hydrogen) atoms. The monoisotopic (exact) mass is 848 g/mol. The molecule has 6 aromatic carbocycles. The maximum Gasteiger partial charge on any atom is 0.257 e. The van der Waals surface area contributed by atoms with E-state index in [0.717, 1.165) is 44.6 Å². The molecule has 0 aliphatic carbocycles. The molecular formula is C48H37F5N2O5S. The van der Waals surface area contributed by atoms with Gasteiger partial charge in [0.15, 0.2) is 35.3 Å². The van der Waals surface area contributed by atoms with Gasteiger partial charge in [-0.15, -0.1) is 0 Å². The molecule has 1 aliphatic rings. The van der Waals surface area contributed by atoms with Gasteiger partial charge >= 0.3 is 0 Å². The van der Waals surface area contributed by atoms with Crippen LogP contribution >= 0.6 is 11.8 Å². The molecule has 7 nitrogen and oxygen atoms in total. The Labute approximate surface area is 352 Å². The van der Waals surface area contributed by atoms with Crippen molar-refractivity contribution in [1.82, 2.24) is 10.3 Å². The van der Waals surface area contributed by atoms with Crippen molar-refractivity contribution in [2.45, 2.75) is 43.8 Å². The summed E-state index contributed by atoms with van der Waals surface area (Å²) in [6, 6.07) is 41.8. The maximum atomic E-state index is 14.2. The summed E-state index contributed by atoms with van der Waals surface area (Å²) in [6.45, 7) is 1.75. The van der Waals surface area contributed by atoms with Crippen LogP contribution in [0.5, 0.6) is 0 Å². The van der Waals surface area contributed by atoms with Gasteiger partial charge in [-0.3, -0.25) is 4.79 Å². The summed E-state index contributed by atoms with van der Waals surface area (Å²) in [7, 11) is 0. The van der Waals surface area contributed by atoms with E-state index in [2.05, 4.69) is 12.2 Å². The molecule has 13 heteroatoms. The quantitative estimate of drug-likeness (QED) is 0.0547. The summed E-state index contributed by atoms with van der Waals surface area (Å²) >= 11 is 1.46. The lowest BCUT2D eigenvalue weighted by atomic mass is 9.91. The number of hydrogen-bond donors (Lipinski definition) is 2. The summed E-state index contributed by atoms with van der Waals surface area (Å²) in [5.74, 6) is -11.5. The molecular weight excluding hydrogens is 812 g/mol. The SMILES string of the molecule is CC1C(CSc2nc(-c3ccccc3)c(-c3ccccc3)o2)OC(c2ccc(-c3cccc(CNC(=O)c4c(F)c(F)c(F)c(F)c4F)c3)cc2)OC1c1ccc(CO)cc1. The fourth-order valence-electron chi connectivity index (χ4n) is 7.17. The minimum atomic E-state index is -2.34. The van der Waals surface area contributed by atoms with Crippen molar-refractivity contribution >= 4 is 17.7 Å². The molecule has 310 valence electrons. The molecule has 2 N–H and O–H groups in total. The Hall–Kier alpha value is -6.12. The molecule has 0 spiro atoms. The van der Waals surface area contributed by atoms with E-state index in [1.54, 1.807) is 18.2 Å². The molecule has 1 saturated heterocycles. The minimum absolute atomic E-state index is 0.0826. The molecule has 8 rings (SSSR count). The van der Waals surface area contributed by atoms with Crippen LogP contribution in [0.25, 0.3) is 33.7 Å². The number of ether oxygens (including phenoxy) is 2. The Morgan fingerprint density at radius 1 is 0.672 bits per heavy atom. The number of aliphatic hydroxyl groups excluding tert-OH is 1. The first-order chi connectivity index (χ1) is 29.6. The van der Waals surface area contributed by atoms with Crippen molar-refractivity contribution in [3.8, 4) is 33.7 Å². The molecule has 1 amide bonds. The Kier molecular flexibility index (Phi) is 12.4. The Balaban J connectivity index is 1.01. The zero-order valence-electron chi connectivity index (χ0n) is 32.5. The lowest BCUT2D eigenvalue weighted by Crippen LogP contribution is -2.38. The second-order valence-electron chi connectivity index (χ2n) is 14.5. The third kappa shape index (κ3) is 8.87. The fourth-order valence-corrected chi connectivity index (χ4v) is 8.16. The number of amides is 1.